The highest BCUT2D eigenvalue weighted by Gasteiger charge is 2.22. The number of methoxy groups -OCH3 is 1. The van der Waals surface area contributed by atoms with E-state index < -0.39 is 0 Å². The van der Waals surface area contributed by atoms with Crippen molar-refractivity contribution >= 4 is 17.5 Å². The molecule has 8 heteroatoms. The second-order valence-corrected chi connectivity index (χ2v) is 7.00. The number of amides is 1. The molecule has 0 bridgehead atoms. The van der Waals surface area contributed by atoms with Crippen molar-refractivity contribution in [3.05, 3.63) is 42.2 Å². The minimum absolute atomic E-state index is 0.0192. The average molecular weight is 384 g/mol. The summed E-state index contributed by atoms with van der Waals surface area (Å²) in [7, 11) is 5.69. The molecule has 0 saturated carbocycles. The van der Waals surface area contributed by atoms with Crippen LogP contribution in [0.3, 0.4) is 0 Å². The summed E-state index contributed by atoms with van der Waals surface area (Å²) in [4.78, 5) is 27.5. The summed E-state index contributed by atoms with van der Waals surface area (Å²) in [5, 5.41) is 3.15. The van der Waals surface area contributed by atoms with Crippen LogP contribution in [0.2, 0.25) is 0 Å². The van der Waals surface area contributed by atoms with E-state index in [0.717, 1.165) is 37.6 Å². The van der Waals surface area contributed by atoms with E-state index >= 15 is 0 Å². The van der Waals surface area contributed by atoms with E-state index in [1.54, 1.807) is 19.5 Å². The van der Waals surface area contributed by atoms with Gasteiger partial charge in [-0.1, -0.05) is 0 Å². The predicted octanol–water partition coefficient (Wildman–Crippen LogP) is 1.42. The Labute approximate surface area is 166 Å². The molecule has 0 spiro atoms. The third-order valence-electron chi connectivity index (χ3n) is 4.75. The topological polar surface area (TPSA) is 73.8 Å². The first kappa shape index (κ1) is 19.9. The SMILES string of the molecule is COc1ccc(N2CCN(C(=O)c3cnc(NCCN(C)C)nc3)CC2)cc1. The van der Waals surface area contributed by atoms with Crippen molar-refractivity contribution in [1.82, 2.24) is 19.8 Å². The van der Waals surface area contributed by atoms with Crippen molar-refractivity contribution in [2.45, 2.75) is 0 Å². The van der Waals surface area contributed by atoms with Crippen LogP contribution >= 0.6 is 0 Å². The number of likely N-dealkylation sites (N-methyl/N-ethyl adjacent to an activating group) is 1. The molecule has 0 aliphatic carbocycles. The van der Waals surface area contributed by atoms with Gasteiger partial charge in [-0.2, -0.15) is 0 Å². The molecule has 2 heterocycles. The van der Waals surface area contributed by atoms with Gasteiger partial charge in [-0.25, -0.2) is 9.97 Å². The highest BCUT2D eigenvalue weighted by Crippen LogP contribution is 2.21. The minimum Gasteiger partial charge on any atom is -0.497 e. The van der Waals surface area contributed by atoms with E-state index in [9.17, 15) is 4.79 Å². The zero-order chi connectivity index (χ0) is 19.9. The Hall–Kier alpha value is -2.87. The van der Waals surface area contributed by atoms with Crippen LogP contribution in [0.4, 0.5) is 11.6 Å². The van der Waals surface area contributed by atoms with Crippen LogP contribution in [0.25, 0.3) is 0 Å². The van der Waals surface area contributed by atoms with Crippen LogP contribution in [-0.2, 0) is 0 Å². The Balaban J connectivity index is 1.51. The zero-order valence-corrected chi connectivity index (χ0v) is 16.8. The molecule has 1 aliphatic heterocycles. The number of piperazine rings is 1. The molecule has 150 valence electrons. The number of anilines is 2. The van der Waals surface area contributed by atoms with Crippen LogP contribution in [0.1, 0.15) is 10.4 Å². The molecule has 0 unspecified atom stereocenters. The van der Waals surface area contributed by atoms with E-state index in [0.29, 0.717) is 24.6 Å². The number of ether oxygens (including phenoxy) is 1. The van der Waals surface area contributed by atoms with Gasteiger partial charge in [0.2, 0.25) is 5.95 Å². The van der Waals surface area contributed by atoms with Crippen LogP contribution < -0.4 is 15.0 Å². The van der Waals surface area contributed by atoms with Gasteiger partial charge in [0.25, 0.3) is 5.91 Å². The van der Waals surface area contributed by atoms with Crippen molar-refractivity contribution in [2.75, 3.05) is 70.7 Å². The molecule has 2 aromatic rings. The van der Waals surface area contributed by atoms with E-state index in [4.69, 9.17) is 4.74 Å². The summed E-state index contributed by atoms with van der Waals surface area (Å²) < 4.78 is 5.20. The fourth-order valence-electron chi connectivity index (χ4n) is 3.06. The number of benzene rings is 1. The number of hydrogen-bond acceptors (Lipinski definition) is 7. The van der Waals surface area contributed by atoms with Gasteiger partial charge in [-0.05, 0) is 38.4 Å². The van der Waals surface area contributed by atoms with E-state index in [1.807, 2.05) is 43.3 Å². The molecule has 1 aromatic heterocycles. The standard InChI is InChI=1S/C20H28N6O2/c1-24(2)9-8-21-20-22-14-16(15-23-20)19(27)26-12-10-25(11-13-26)17-4-6-18(28-3)7-5-17/h4-7,14-15H,8-13H2,1-3H3,(H,21,22,23). The van der Waals surface area contributed by atoms with Gasteiger partial charge in [0, 0.05) is 57.3 Å². The maximum absolute atomic E-state index is 12.7. The lowest BCUT2D eigenvalue weighted by atomic mass is 10.2. The third kappa shape index (κ3) is 5.10. The molecule has 1 N–H and O–H groups in total. The molecule has 1 saturated heterocycles. The highest BCUT2D eigenvalue weighted by molar-refractivity contribution is 5.93. The Morgan fingerprint density at radius 2 is 1.75 bits per heavy atom. The molecule has 1 aliphatic rings. The average Bonchev–Trinajstić information content (AvgIpc) is 2.74. The first-order valence-electron chi connectivity index (χ1n) is 9.46. The molecule has 1 fully saturated rings. The fraction of sp³-hybridized carbons (Fsp3) is 0.450. The molecule has 1 amide bonds. The first-order valence-corrected chi connectivity index (χ1v) is 9.46. The normalized spacial score (nSPS) is 14.3. The number of carbonyl (C=O) groups is 1. The molecular formula is C20H28N6O2. The monoisotopic (exact) mass is 384 g/mol. The Morgan fingerprint density at radius 3 is 2.32 bits per heavy atom. The van der Waals surface area contributed by atoms with Gasteiger partial charge >= 0.3 is 0 Å². The highest BCUT2D eigenvalue weighted by atomic mass is 16.5. The zero-order valence-electron chi connectivity index (χ0n) is 16.8. The summed E-state index contributed by atoms with van der Waals surface area (Å²) >= 11 is 0. The minimum atomic E-state index is -0.0192. The second kappa shape index (κ2) is 9.36. The van der Waals surface area contributed by atoms with Gasteiger partial charge in [-0.3, -0.25) is 4.79 Å². The van der Waals surface area contributed by atoms with Crippen molar-refractivity contribution in [1.29, 1.82) is 0 Å². The van der Waals surface area contributed by atoms with Crippen LogP contribution in [0.5, 0.6) is 5.75 Å². The summed E-state index contributed by atoms with van der Waals surface area (Å²) in [6.07, 6.45) is 3.20. The maximum atomic E-state index is 12.7. The van der Waals surface area contributed by atoms with Gasteiger partial charge in [0.05, 0.1) is 12.7 Å². The van der Waals surface area contributed by atoms with E-state index in [-0.39, 0.29) is 5.91 Å². The van der Waals surface area contributed by atoms with E-state index in [1.165, 1.54) is 0 Å². The van der Waals surface area contributed by atoms with Crippen molar-refractivity contribution in [3.63, 3.8) is 0 Å². The number of rotatable bonds is 7. The van der Waals surface area contributed by atoms with Gasteiger partial charge in [0.15, 0.2) is 0 Å². The van der Waals surface area contributed by atoms with Crippen molar-refractivity contribution in [3.8, 4) is 5.75 Å². The summed E-state index contributed by atoms with van der Waals surface area (Å²) in [5.41, 5.74) is 1.67. The van der Waals surface area contributed by atoms with E-state index in [2.05, 4.69) is 25.1 Å². The smallest absolute Gasteiger partial charge is 0.257 e. The summed E-state index contributed by atoms with van der Waals surface area (Å²) in [5.74, 6) is 1.37. The van der Waals surface area contributed by atoms with Gasteiger partial charge in [-0.15, -0.1) is 0 Å². The summed E-state index contributed by atoms with van der Waals surface area (Å²) in [6.45, 7) is 4.59. The maximum Gasteiger partial charge on any atom is 0.257 e. The number of aromatic nitrogens is 2. The van der Waals surface area contributed by atoms with Crippen LogP contribution in [-0.4, -0.2) is 86.1 Å². The third-order valence-corrected chi connectivity index (χ3v) is 4.75. The summed E-state index contributed by atoms with van der Waals surface area (Å²) in [6, 6.07) is 8.01. The Kier molecular flexibility index (Phi) is 6.65. The van der Waals surface area contributed by atoms with Crippen molar-refractivity contribution in [2.24, 2.45) is 0 Å². The number of nitrogens with one attached hydrogen (secondary N) is 1. The number of hydrogen-bond donors (Lipinski definition) is 1. The second-order valence-electron chi connectivity index (χ2n) is 7.00. The van der Waals surface area contributed by atoms with Crippen molar-refractivity contribution < 1.29 is 9.53 Å². The largest absolute Gasteiger partial charge is 0.497 e. The molecule has 3 rings (SSSR count). The number of nitrogens with zero attached hydrogens (tertiary/aromatic N) is 5. The molecule has 1 aromatic carbocycles. The lowest BCUT2D eigenvalue weighted by molar-refractivity contribution is 0.0746. The lowest BCUT2D eigenvalue weighted by Gasteiger charge is -2.36. The molecular weight excluding hydrogens is 356 g/mol. The predicted molar refractivity (Wildman–Crippen MR) is 110 cm³/mol. The Morgan fingerprint density at radius 1 is 1.11 bits per heavy atom. The lowest BCUT2D eigenvalue weighted by Crippen LogP contribution is -2.48. The number of carbonyl (C=O) groups excluding carboxylic acids is 1. The molecule has 28 heavy (non-hydrogen) atoms. The molecule has 0 atom stereocenters. The van der Waals surface area contributed by atoms with Crippen LogP contribution in [0, 0.1) is 0 Å². The van der Waals surface area contributed by atoms with Gasteiger partial charge < -0.3 is 24.8 Å². The van der Waals surface area contributed by atoms with Crippen LogP contribution in [0.15, 0.2) is 36.7 Å². The Bertz CT molecular complexity index is 755. The molecule has 8 nitrogen and oxygen atoms in total. The quantitative estimate of drug-likeness (QED) is 0.774. The fourth-order valence-corrected chi connectivity index (χ4v) is 3.06. The molecule has 0 radical (unpaired) electrons. The van der Waals surface area contributed by atoms with Gasteiger partial charge in [0.1, 0.15) is 5.75 Å². The first-order chi connectivity index (χ1) is 13.6.